The van der Waals surface area contributed by atoms with Crippen molar-refractivity contribution >= 4 is 28.6 Å². The second-order valence-electron chi connectivity index (χ2n) is 8.70. The minimum absolute atomic E-state index is 0.0487. The van der Waals surface area contributed by atoms with Crippen molar-refractivity contribution in [2.24, 2.45) is 0 Å². The van der Waals surface area contributed by atoms with Crippen LogP contribution in [0.1, 0.15) is 6.42 Å². The molecule has 1 unspecified atom stereocenters. The molecule has 2 N–H and O–H groups in total. The van der Waals surface area contributed by atoms with Gasteiger partial charge in [-0.25, -0.2) is 9.97 Å². The molecule has 0 bridgehead atoms. The quantitative estimate of drug-likeness (QED) is 0.520. The van der Waals surface area contributed by atoms with Gasteiger partial charge in [0, 0.05) is 44.5 Å². The molecule has 10 nitrogen and oxygen atoms in total. The summed E-state index contributed by atoms with van der Waals surface area (Å²) in [6.07, 6.45) is 2.55. The van der Waals surface area contributed by atoms with E-state index in [4.69, 9.17) is 30.5 Å². The molecule has 180 valence electrons. The zero-order valence-corrected chi connectivity index (χ0v) is 19.5. The third-order valence-electron chi connectivity index (χ3n) is 6.46. The number of hydrogen-bond donors (Lipinski definition) is 2. The number of morpholine rings is 1. The molecular weight excluding hydrogens is 460 g/mol. The van der Waals surface area contributed by atoms with Crippen molar-refractivity contribution in [2.45, 2.75) is 24.7 Å². The number of ether oxygens (including phenoxy) is 4. The van der Waals surface area contributed by atoms with Gasteiger partial charge in [-0.05, 0) is 24.6 Å². The Morgan fingerprint density at radius 2 is 2.09 bits per heavy atom. The largest absolute Gasteiger partial charge is 0.456 e. The minimum Gasteiger partial charge on any atom is -0.456 e. The van der Waals surface area contributed by atoms with Gasteiger partial charge in [0.15, 0.2) is 11.8 Å². The van der Waals surface area contributed by atoms with Crippen LogP contribution in [0.25, 0.3) is 22.4 Å². The number of pyridine rings is 2. The van der Waals surface area contributed by atoms with Crippen LogP contribution in [0.2, 0.25) is 5.02 Å². The SMILES string of the molecule is Clc1cc2[nH]c(OC3CO[C@@H]4CCO[C@H]34)nc2nc1-c1ccc(NCCN2CCOCC2)nc1. The lowest BCUT2D eigenvalue weighted by Gasteiger charge is -2.26. The lowest BCUT2D eigenvalue weighted by atomic mass is 10.1. The number of aromatic amines is 1. The number of aromatic nitrogens is 4. The lowest BCUT2D eigenvalue weighted by Crippen LogP contribution is -2.39. The Morgan fingerprint density at radius 1 is 1.18 bits per heavy atom. The van der Waals surface area contributed by atoms with Crippen molar-refractivity contribution in [3.8, 4) is 17.3 Å². The van der Waals surface area contributed by atoms with Gasteiger partial charge in [-0.3, -0.25) is 4.90 Å². The van der Waals surface area contributed by atoms with E-state index in [1.165, 1.54) is 0 Å². The van der Waals surface area contributed by atoms with Gasteiger partial charge in [-0.15, -0.1) is 0 Å². The zero-order chi connectivity index (χ0) is 22.9. The Bertz CT molecular complexity index is 1140. The van der Waals surface area contributed by atoms with E-state index in [0.29, 0.717) is 41.1 Å². The van der Waals surface area contributed by atoms with Crippen LogP contribution in [0.4, 0.5) is 5.82 Å². The maximum absolute atomic E-state index is 6.55. The fraction of sp³-hybridized carbons (Fsp3) is 0.522. The highest BCUT2D eigenvalue weighted by molar-refractivity contribution is 6.33. The van der Waals surface area contributed by atoms with Gasteiger partial charge in [0.1, 0.15) is 11.9 Å². The first-order valence-electron chi connectivity index (χ1n) is 11.7. The summed E-state index contributed by atoms with van der Waals surface area (Å²) in [4.78, 5) is 19.2. The zero-order valence-electron chi connectivity index (χ0n) is 18.7. The molecular formula is C23H27ClN6O4. The van der Waals surface area contributed by atoms with E-state index >= 15 is 0 Å². The van der Waals surface area contributed by atoms with Gasteiger partial charge in [-0.2, -0.15) is 4.98 Å². The summed E-state index contributed by atoms with van der Waals surface area (Å²) in [5.74, 6) is 0.816. The number of imidazole rings is 1. The number of halogens is 1. The Kier molecular flexibility index (Phi) is 6.23. The summed E-state index contributed by atoms with van der Waals surface area (Å²) in [6.45, 7) is 6.54. The van der Waals surface area contributed by atoms with Crippen molar-refractivity contribution in [3.63, 3.8) is 0 Å². The third-order valence-corrected chi connectivity index (χ3v) is 6.75. The van der Waals surface area contributed by atoms with Crippen LogP contribution in [0, 0.1) is 0 Å². The van der Waals surface area contributed by atoms with Crippen molar-refractivity contribution in [1.29, 1.82) is 0 Å². The van der Waals surface area contributed by atoms with Gasteiger partial charge in [-0.1, -0.05) is 11.6 Å². The van der Waals surface area contributed by atoms with Gasteiger partial charge in [0.2, 0.25) is 0 Å². The number of nitrogens with one attached hydrogen (secondary N) is 2. The van der Waals surface area contributed by atoms with E-state index in [0.717, 1.165) is 57.2 Å². The molecule has 0 aliphatic carbocycles. The molecule has 0 radical (unpaired) electrons. The molecule has 0 spiro atoms. The van der Waals surface area contributed by atoms with E-state index < -0.39 is 0 Å². The number of anilines is 1. The normalized spacial score (nSPS) is 25.0. The standard InChI is InChI=1S/C23H27ClN6O4/c24-15-11-16-22(29-23(27-16)34-18-13-33-17-3-8-32-21(17)18)28-20(15)14-1-2-19(26-12-14)25-4-5-30-6-9-31-10-7-30/h1-2,11-12,17-18,21H,3-10,13H2,(H,25,26)(H,27,28,29)/t17-,18?,21+/m1/s1. The third kappa shape index (κ3) is 4.56. The van der Waals surface area contributed by atoms with E-state index in [1.807, 2.05) is 18.2 Å². The average molecular weight is 487 g/mol. The highest BCUT2D eigenvalue weighted by Crippen LogP contribution is 2.32. The smallest absolute Gasteiger partial charge is 0.296 e. The fourth-order valence-corrected chi connectivity index (χ4v) is 4.89. The molecule has 3 aliphatic rings. The molecule has 6 heterocycles. The van der Waals surface area contributed by atoms with Crippen LogP contribution >= 0.6 is 11.6 Å². The highest BCUT2D eigenvalue weighted by Gasteiger charge is 2.43. The molecule has 0 aromatic carbocycles. The number of hydrogen-bond acceptors (Lipinski definition) is 9. The minimum atomic E-state index is -0.185. The first-order chi connectivity index (χ1) is 16.7. The average Bonchev–Trinajstić information content (AvgIpc) is 3.57. The maximum atomic E-state index is 6.55. The van der Waals surface area contributed by atoms with Crippen LogP contribution in [0.3, 0.4) is 0 Å². The van der Waals surface area contributed by atoms with E-state index in [1.54, 1.807) is 6.20 Å². The van der Waals surface area contributed by atoms with Crippen molar-refractivity contribution < 1.29 is 18.9 Å². The first kappa shape index (κ1) is 22.0. The van der Waals surface area contributed by atoms with Crippen molar-refractivity contribution in [1.82, 2.24) is 24.8 Å². The van der Waals surface area contributed by atoms with Crippen LogP contribution in [0.15, 0.2) is 24.4 Å². The molecule has 3 atom stereocenters. The van der Waals surface area contributed by atoms with Gasteiger partial charge in [0.25, 0.3) is 6.01 Å². The number of fused-ring (bicyclic) bond motifs is 2. The Labute approximate surface area is 201 Å². The molecule has 3 aromatic heterocycles. The van der Waals surface area contributed by atoms with Crippen molar-refractivity contribution in [2.75, 3.05) is 57.9 Å². The summed E-state index contributed by atoms with van der Waals surface area (Å²) in [5, 5.41) is 3.88. The monoisotopic (exact) mass is 486 g/mol. The fourth-order valence-electron chi connectivity index (χ4n) is 4.63. The van der Waals surface area contributed by atoms with Crippen LogP contribution in [0.5, 0.6) is 6.01 Å². The predicted molar refractivity (Wildman–Crippen MR) is 126 cm³/mol. The summed E-state index contributed by atoms with van der Waals surface area (Å²) in [7, 11) is 0. The van der Waals surface area contributed by atoms with E-state index in [2.05, 4.69) is 30.2 Å². The molecule has 6 rings (SSSR count). The summed E-state index contributed by atoms with van der Waals surface area (Å²) in [5.41, 5.74) is 2.69. The number of H-pyrrole nitrogens is 1. The van der Waals surface area contributed by atoms with Crippen molar-refractivity contribution in [3.05, 3.63) is 29.4 Å². The predicted octanol–water partition coefficient (Wildman–Crippen LogP) is 2.35. The second kappa shape index (κ2) is 9.63. The molecule has 34 heavy (non-hydrogen) atoms. The van der Waals surface area contributed by atoms with Crippen LogP contribution in [-0.4, -0.2) is 95.8 Å². The molecule has 3 aromatic rings. The van der Waals surface area contributed by atoms with Gasteiger partial charge in [0.05, 0.1) is 42.2 Å². The van der Waals surface area contributed by atoms with Crippen LogP contribution < -0.4 is 10.1 Å². The molecule has 3 fully saturated rings. The molecule has 3 saturated heterocycles. The first-order valence-corrected chi connectivity index (χ1v) is 12.1. The molecule has 0 saturated carbocycles. The highest BCUT2D eigenvalue weighted by atomic mass is 35.5. The Balaban J connectivity index is 1.12. The Morgan fingerprint density at radius 3 is 2.94 bits per heavy atom. The molecule has 11 heteroatoms. The second-order valence-corrected chi connectivity index (χ2v) is 9.10. The molecule has 3 aliphatic heterocycles. The summed E-state index contributed by atoms with van der Waals surface area (Å²) < 4.78 is 22.9. The molecule has 0 amide bonds. The van der Waals surface area contributed by atoms with Gasteiger partial charge < -0.3 is 29.2 Å². The lowest BCUT2D eigenvalue weighted by molar-refractivity contribution is 0.0273. The topological polar surface area (TPSA) is 107 Å². The Hall–Kier alpha value is -2.50. The van der Waals surface area contributed by atoms with E-state index in [9.17, 15) is 0 Å². The number of rotatable bonds is 7. The number of nitrogens with zero attached hydrogens (tertiary/aromatic N) is 4. The summed E-state index contributed by atoms with van der Waals surface area (Å²) >= 11 is 6.55. The van der Waals surface area contributed by atoms with Gasteiger partial charge >= 0.3 is 0 Å². The van der Waals surface area contributed by atoms with E-state index in [-0.39, 0.29) is 18.3 Å². The van der Waals surface area contributed by atoms with Crippen LogP contribution in [-0.2, 0) is 14.2 Å². The maximum Gasteiger partial charge on any atom is 0.296 e. The summed E-state index contributed by atoms with van der Waals surface area (Å²) in [6, 6.07) is 6.10.